The van der Waals surface area contributed by atoms with E-state index in [0.717, 1.165) is 11.4 Å². The van der Waals surface area contributed by atoms with E-state index in [4.69, 9.17) is 21.5 Å². The van der Waals surface area contributed by atoms with Gasteiger partial charge in [0.15, 0.2) is 18.1 Å². The number of sulfonamides is 1. The number of nitrogens with zero attached hydrogens (tertiary/aromatic N) is 3. The van der Waals surface area contributed by atoms with Crippen LogP contribution in [0, 0.1) is 20.8 Å². The second kappa shape index (κ2) is 9.07. The van der Waals surface area contributed by atoms with Gasteiger partial charge in [0.25, 0.3) is 5.91 Å². The van der Waals surface area contributed by atoms with Gasteiger partial charge in [-0.3, -0.25) is 4.79 Å². The summed E-state index contributed by atoms with van der Waals surface area (Å²) in [7, 11) is -3.95. The first-order chi connectivity index (χ1) is 15.0. The maximum Gasteiger partial charge on any atom is 0.359 e. The Kier molecular flexibility index (Phi) is 6.63. The van der Waals surface area contributed by atoms with Crippen molar-refractivity contribution in [2.24, 2.45) is 5.14 Å². The van der Waals surface area contributed by atoms with Gasteiger partial charge in [-0.05, 0) is 56.7 Å². The standard InChI is InChI=1S/C20H20ClN5O5S/c1-11-4-5-14(9-16(11)32(22,29)30)23-18(27)10-31-20(28)19-15(21)6-7-17(24-19)26-13(3)8-12(2)25-26/h4-9H,10H2,1-3H3,(H,23,27)(H2,22,29,30). The fourth-order valence-electron chi connectivity index (χ4n) is 2.93. The zero-order valence-corrected chi connectivity index (χ0v) is 19.0. The van der Waals surface area contributed by atoms with Gasteiger partial charge in [-0.25, -0.2) is 28.0 Å². The largest absolute Gasteiger partial charge is 0.451 e. The SMILES string of the molecule is Cc1cc(C)n(-c2ccc(Cl)c(C(=O)OCC(=O)Nc3ccc(C)c(S(N)(=O)=O)c3)n2)n1. The zero-order chi connectivity index (χ0) is 23.6. The molecule has 0 aliphatic rings. The summed E-state index contributed by atoms with van der Waals surface area (Å²) >= 11 is 6.08. The summed E-state index contributed by atoms with van der Waals surface area (Å²) in [6, 6.07) is 9.16. The van der Waals surface area contributed by atoms with E-state index >= 15 is 0 Å². The van der Waals surface area contributed by atoms with Crippen molar-refractivity contribution >= 4 is 39.2 Å². The number of halogens is 1. The molecule has 1 aromatic carbocycles. The zero-order valence-electron chi connectivity index (χ0n) is 17.4. The van der Waals surface area contributed by atoms with Crippen molar-refractivity contribution in [3.63, 3.8) is 0 Å². The summed E-state index contributed by atoms with van der Waals surface area (Å²) in [5.41, 5.74) is 2.04. The Morgan fingerprint density at radius 3 is 2.50 bits per heavy atom. The number of carbonyl (C=O) groups is 2. The highest BCUT2D eigenvalue weighted by Gasteiger charge is 2.19. The number of pyridine rings is 1. The third kappa shape index (κ3) is 5.31. The van der Waals surface area contributed by atoms with Crippen molar-refractivity contribution in [3.05, 3.63) is 64.1 Å². The lowest BCUT2D eigenvalue weighted by molar-refractivity contribution is -0.119. The summed E-state index contributed by atoms with van der Waals surface area (Å²) < 4.78 is 29.8. The molecule has 1 amide bonds. The minimum Gasteiger partial charge on any atom is -0.451 e. The highest BCUT2D eigenvalue weighted by molar-refractivity contribution is 7.89. The number of benzene rings is 1. The van der Waals surface area contributed by atoms with Crippen molar-refractivity contribution in [3.8, 4) is 5.82 Å². The molecule has 10 nitrogen and oxygen atoms in total. The first-order valence-corrected chi connectivity index (χ1v) is 11.2. The van der Waals surface area contributed by atoms with Gasteiger partial charge in [-0.15, -0.1) is 0 Å². The Bertz CT molecular complexity index is 1320. The van der Waals surface area contributed by atoms with E-state index in [9.17, 15) is 18.0 Å². The molecule has 3 aromatic rings. The first-order valence-electron chi connectivity index (χ1n) is 9.26. The molecule has 0 aliphatic heterocycles. The number of primary sulfonamides is 1. The number of hydrogen-bond donors (Lipinski definition) is 2. The molecular weight excluding hydrogens is 458 g/mol. The number of anilines is 1. The highest BCUT2D eigenvalue weighted by atomic mass is 35.5. The number of amides is 1. The molecule has 0 bridgehead atoms. The first kappa shape index (κ1) is 23.4. The average molecular weight is 478 g/mol. The van der Waals surface area contributed by atoms with E-state index in [1.165, 1.54) is 24.3 Å². The number of carbonyl (C=O) groups excluding carboxylic acids is 2. The number of nitrogens with two attached hydrogens (primary N) is 1. The Hall–Kier alpha value is -3.28. The van der Waals surface area contributed by atoms with Crippen LogP contribution in [0.25, 0.3) is 5.82 Å². The molecule has 32 heavy (non-hydrogen) atoms. The minimum absolute atomic E-state index is 0.0528. The van der Waals surface area contributed by atoms with Gasteiger partial charge in [0.05, 0.1) is 15.6 Å². The van der Waals surface area contributed by atoms with E-state index in [0.29, 0.717) is 11.4 Å². The van der Waals surface area contributed by atoms with E-state index in [2.05, 4.69) is 15.4 Å². The van der Waals surface area contributed by atoms with Crippen molar-refractivity contribution in [2.75, 3.05) is 11.9 Å². The van der Waals surface area contributed by atoms with Crippen molar-refractivity contribution in [1.29, 1.82) is 0 Å². The number of hydrogen-bond acceptors (Lipinski definition) is 7. The molecule has 3 N–H and O–H groups in total. The lowest BCUT2D eigenvalue weighted by Crippen LogP contribution is -2.22. The number of aryl methyl sites for hydroxylation is 3. The predicted octanol–water partition coefficient (Wildman–Crippen LogP) is 2.29. The molecular formula is C20H20ClN5O5S. The number of esters is 1. The molecule has 0 aliphatic carbocycles. The van der Waals surface area contributed by atoms with Gasteiger partial charge in [-0.2, -0.15) is 5.10 Å². The maximum absolute atomic E-state index is 12.5. The minimum atomic E-state index is -3.95. The van der Waals surface area contributed by atoms with E-state index in [1.54, 1.807) is 17.7 Å². The Morgan fingerprint density at radius 2 is 1.88 bits per heavy atom. The lowest BCUT2D eigenvalue weighted by atomic mass is 10.2. The van der Waals surface area contributed by atoms with Gasteiger partial charge >= 0.3 is 5.97 Å². The molecule has 0 saturated heterocycles. The van der Waals surface area contributed by atoms with Gasteiger partial charge < -0.3 is 10.1 Å². The molecule has 0 saturated carbocycles. The molecule has 0 unspecified atom stereocenters. The molecule has 3 rings (SSSR count). The Morgan fingerprint density at radius 1 is 1.16 bits per heavy atom. The molecule has 0 atom stereocenters. The van der Waals surface area contributed by atoms with Crippen LogP contribution in [0.1, 0.15) is 27.4 Å². The van der Waals surface area contributed by atoms with Crippen LogP contribution in [0.4, 0.5) is 5.69 Å². The number of ether oxygens (including phenoxy) is 1. The molecule has 0 radical (unpaired) electrons. The maximum atomic E-state index is 12.5. The van der Waals surface area contributed by atoms with Gasteiger partial charge in [0.2, 0.25) is 10.0 Å². The van der Waals surface area contributed by atoms with Crippen LogP contribution in [-0.4, -0.2) is 41.7 Å². The Labute approximate surface area is 189 Å². The van der Waals surface area contributed by atoms with E-state index in [-0.39, 0.29) is 21.3 Å². The second-order valence-corrected chi connectivity index (χ2v) is 8.93. The van der Waals surface area contributed by atoms with Crippen molar-refractivity contribution < 1.29 is 22.7 Å². The van der Waals surface area contributed by atoms with Gasteiger partial charge in [-0.1, -0.05) is 17.7 Å². The number of rotatable bonds is 6. The van der Waals surface area contributed by atoms with Crippen molar-refractivity contribution in [1.82, 2.24) is 14.8 Å². The molecule has 12 heteroatoms. The van der Waals surface area contributed by atoms with Crippen LogP contribution < -0.4 is 10.5 Å². The van der Waals surface area contributed by atoms with Crippen molar-refractivity contribution in [2.45, 2.75) is 25.7 Å². The van der Waals surface area contributed by atoms with E-state index < -0.39 is 28.5 Å². The molecule has 0 spiro atoms. The molecule has 0 fully saturated rings. The van der Waals surface area contributed by atoms with Crippen LogP contribution in [-0.2, 0) is 19.6 Å². The third-order valence-electron chi connectivity index (χ3n) is 4.36. The topological polar surface area (TPSA) is 146 Å². The quantitative estimate of drug-likeness (QED) is 0.517. The fraction of sp³-hybridized carbons (Fsp3) is 0.200. The summed E-state index contributed by atoms with van der Waals surface area (Å²) in [5, 5.41) is 12.0. The van der Waals surface area contributed by atoms with E-state index in [1.807, 2.05) is 19.9 Å². The monoisotopic (exact) mass is 477 g/mol. The summed E-state index contributed by atoms with van der Waals surface area (Å²) in [6.07, 6.45) is 0. The van der Waals surface area contributed by atoms with Gasteiger partial charge in [0, 0.05) is 11.4 Å². The lowest BCUT2D eigenvalue weighted by Gasteiger charge is -2.10. The fourth-order valence-corrected chi connectivity index (χ4v) is 3.93. The highest BCUT2D eigenvalue weighted by Crippen LogP contribution is 2.20. The second-order valence-electron chi connectivity index (χ2n) is 6.99. The summed E-state index contributed by atoms with van der Waals surface area (Å²) in [4.78, 5) is 28.7. The number of aromatic nitrogens is 3. The van der Waals surface area contributed by atoms with Crippen LogP contribution in [0.2, 0.25) is 5.02 Å². The molecule has 168 valence electrons. The van der Waals surface area contributed by atoms with Gasteiger partial charge in [0.1, 0.15) is 0 Å². The summed E-state index contributed by atoms with van der Waals surface area (Å²) in [5.74, 6) is -1.22. The average Bonchev–Trinajstić information content (AvgIpc) is 3.05. The molecule has 2 aromatic heterocycles. The predicted molar refractivity (Wildman–Crippen MR) is 117 cm³/mol. The van der Waals surface area contributed by atoms with Crippen LogP contribution in [0.3, 0.4) is 0 Å². The Balaban J connectivity index is 1.70. The normalized spacial score (nSPS) is 11.3. The number of nitrogens with one attached hydrogen (secondary N) is 1. The molecule has 2 heterocycles. The third-order valence-corrected chi connectivity index (χ3v) is 5.72. The van der Waals surface area contributed by atoms with Crippen LogP contribution in [0.5, 0.6) is 0 Å². The summed E-state index contributed by atoms with van der Waals surface area (Å²) in [6.45, 7) is 4.60. The smallest absolute Gasteiger partial charge is 0.359 e. The van der Waals surface area contributed by atoms with Crippen LogP contribution >= 0.6 is 11.6 Å². The van der Waals surface area contributed by atoms with Crippen LogP contribution in [0.15, 0.2) is 41.3 Å².